The van der Waals surface area contributed by atoms with Gasteiger partial charge in [0.15, 0.2) is 6.10 Å². The van der Waals surface area contributed by atoms with Gasteiger partial charge in [-0.05, 0) is 54.0 Å². The molecule has 6 nitrogen and oxygen atoms in total. The lowest BCUT2D eigenvalue weighted by Gasteiger charge is -2.36. The second-order valence-electron chi connectivity index (χ2n) is 10.1. The molecule has 1 atom stereocenters. The van der Waals surface area contributed by atoms with Gasteiger partial charge in [0.05, 0.1) is 17.1 Å². The van der Waals surface area contributed by atoms with Crippen molar-refractivity contribution in [1.82, 2.24) is 5.32 Å². The third-order valence-corrected chi connectivity index (χ3v) is 8.40. The smallest absolute Gasteiger partial charge is 0.264 e. The number of ether oxygens (including phenoxy) is 1. The van der Waals surface area contributed by atoms with Crippen molar-refractivity contribution in [3.8, 4) is 5.75 Å². The number of nitrogens with one attached hydrogen (secondary N) is 1. The van der Waals surface area contributed by atoms with Crippen LogP contribution in [0.1, 0.15) is 58.4 Å². The van der Waals surface area contributed by atoms with Gasteiger partial charge in [-0.15, -0.1) is 0 Å². The van der Waals surface area contributed by atoms with Crippen molar-refractivity contribution in [2.45, 2.75) is 69.3 Å². The number of sulfonamides is 1. The Morgan fingerprint density at radius 3 is 2.42 bits per heavy atom. The topological polar surface area (TPSA) is 75.7 Å². The summed E-state index contributed by atoms with van der Waals surface area (Å²) in [6.07, 6.45) is 5.01. The Bertz CT molecular complexity index is 1090. The van der Waals surface area contributed by atoms with E-state index >= 15 is 0 Å². The molecule has 4 rings (SSSR count). The van der Waals surface area contributed by atoms with E-state index in [-0.39, 0.29) is 22.8 Å². The van der Waals surface area contributed by atoms with Gasteiger partial charge in [0.1, 0.15) is 5.75 Å². The summed E-state index contributed by atoms with van der Waals surface area (Å²) in [5.74, 6) is 0.628. The summed E-state index contributed by atoms with van der Waals surface area (Å²) in [5, 5.41) is 3.01. The lowest BCUT2D eigenvalue weighted by Crippen LogP contribution is -2.51. The fourth-order valence-corrected chi connectivity index (χ4v) is 6.04. The fourth-order valence-electron chi connectivity index (χ4n) is 4.55. The number of hydrogen-bond donors (Lipinski definition) is 1. The Hall–Kier alpha value is -2.54. The van der Waals surface area contributed by atoms with Crippen LogP contribution >= 0.6 is 0 Å². The molecule has 1 saturated carbocycles. The molecule has 0 bridgehead atoms. The zero-order valence-electron chi connectivity index (χ0n) is 19.7. The van der Waals surface area contributed by atoms with Gasteiger partial charge in [0, 0.05) is 6.54 Å². The summed E-state index contributed by atoms with van der Waals surface area (Å²) in [6, 6.07) is 13.9. The maximum Gasteiger partial charge on any atom is 0.264 e. The number of amides is 1. The summed E-state index contributed by atoms with van der Waals surface area (Å²) in [4.78, 5) is 13.2. The summed E-state index contributed by atoms with van der Waals surface area (Å²) >= 11 is 0. The predicted molar refractivity (Wildman–Crippen MR) is 130 cm³/mol. The maximum absolute atomic E-state index is 13.6. The first-order valence-electron chi connectivity index (χ1n) is 11.8. The number of anilines is 1. The predicted octanol–water partition coefficient (Wildman–Crippen LogP) is 4.64. The molecule has 0 saturated heterocycles. The van der Waals surface area contributed by atoms with E-state index in [2.05, 4.69) is 26.1 Å². The highest BCUT2D eigenvalue weighted by Crippen LogP contribution is 2.40. The van der Waals surface area contributed by atoms with Crippen molar-refractivity contribution >= 4 is 21.6 Å². The molecule has 2 aromatic rings. The molecular weight excluding hydrogens is 436 g/mol. The average molecular weight is 471 g/mol. The minimum absolute atomic E-state index is 0.0612. The molecule has 1 aliphatic carbocycles. The first-order valence-corrected chi connectivity index (χ1v) is 13.3. The summed E-state index contributed by atoms with van der Waals surface area (Å²) in [5.41, 5.74) is 1.31. The SMILES string of the molecule is CC(C)(C)c1ccc2c(c1)N(S(=O)(=O)c1ccccc1)C[C@@H](C(=O)NCC1CCCCC1)O2. The Morgan fingerprint density at radius 1 is 1.06 bits per heavy atom. The van der Waals surface area contributed by atoms with Crippen molar-refractivity contribution in [1.29, 1.82) is 0 Å². The monoisotopic (exact) mass is 470 g/mol. The molecule has 0 radical (unpaired) electrons. The van der Waals surface area contributed by atoms with Gasteiger partial charge < -0.3 is 10.1 Å². The van der Waals surface area contributed by atoms with E-state index in [1.165, 1.54) is 23.6 Å². The zero-order chi connectivity index (χ0) is 23.6. The first-order chi connectivity index (χ1) is 15.7. The third-order valence-electron chi connectivity index (χ3n) is 6.61. The van der Waals surface area contributed by atoms with E-state index in [0.717, 1.165) is 18.4 Å². The Balaban J connectivity index is 1.64. The van der Waals surface area contributed by atoms with Crippen LogP contribution in [0.5, 0.6) is 5.75 Å². The van der Waals surface area contributed by atoms with E-state index in [4.69, 9.17) is 4.74 Å². The van der Waals surface area contributed by atoms with Gasteiger partial charge in [-0.25, -0.2) is 8.42 Å². The van der Waals surface area contributed by atoms with Crippen LogP contribution < -0.4 is 14.4 Å². The standard InChI is InChI=1S/C26H34N2O4S/c1-26(2,3)20-14-15-23-22(16-20)28(33(30,31)21-12-8-5-9-13-21)18-24(32-23)25(29)27-17-19-10-6-4-7-11-19/h5,8-9,12-16,19,24H,4,6-7,10-11,17-18H2,1-3H3,(H,27,29)/t24-/m0/s1. The Morgan fingerprint density at radius 2 is 1.76 bits per heavy atom. The molecule has 2 aromatic carbocycles. The number of nitrogens with zero attached hydrogens (tertiary/aromatic N) is 1. The molecule has 1 heterocycles. The molecular formula is C26H34N2O4S. The van der Waals surface area contributed by atoms with Gasteiger partial charge in [-0.2, -0.15) is 0 Å². The molecule has 1 N–H and O–H groups in total. The van der Waals surface area contributed by atoms with E-state index in [1.54, 1.807) is 36.4 Å². The highest BCUT2D eigenvalue weighted by molar-refractivity contribution is 7.92. The third kappa shape index (κ3) is 5.18. The van der Waals surface area contributed by atoms with Crippen molar-refractivity contribution < 1.29 is 17.9 Å². The number of fused-ring (bicyclic) bond motifs is 1. The van der Waals surface area contributed by atoms with Crippen LogP contribution in [-0.2, 0) is 20.2 Å². The minimum Gasteiger partial charge on any atom is -0.476 e. The molecule has 33 heavy (non-hydrogen) atoms. The number of carbonyl (C=O) groups excluding carboxylic acids is 1. The van der Waals surface area contributed by atoms with Crippen molar-refractivity contribution in [3.05, 3.63) is 54.1 Å². The van der Waals surface area contributed by atoms with Crippen LogP contribution in [-0.4, -0.2) is 33.5 Å². The van der Waals surface area contributed by atoms with Gasteiger partial charge in [-0.3, -0.25) is 9.10 Å². The average Bonchev–Trinajstić information content (AvgIpc) is 2.82. The lowest BCUT2D eigenvalue weighted by molar-refractivity contribution is -0.128. The molecule has 1 aliphatic heterocycles. The molecule has 1 amide bonds. The summed E-state index contributed by atoms with van der Waals surface area (Å²) in [6.45, 7) is 6.79. The van der Waals surface area contributed by atoms with E-state index in [9.17, 15) is 13.2 Å². The number of carbonyl (C=O) groups is 1. The number of hydrogen-bond acceptors (Lipinski definition) is 4. The maximum atomic E-state index is 13.6. The molecule has 7 heteroatoms. The van der Waals surface area contributed by atoms with Crippen molar-refractivity contribution in [3.63, 3.8) is 0 Å². The second-order valence-corrected chi connectivity index (χ2v) is 12.0. The van der Waals surface area contributed by atoms with Crippen LogP contribution in [0.3, 0.4) is 0 Å². The summed E-state index contributed by atoms with van der Waals surface area (Å²) in [7, 11) is -3.87. The van der Waals surface area contributed by atoms with Crippen molar-refractivity contribution in [2.75, 3.05) is 17.4 Å². The molecule has 2 aliphatic rings. The first kappa shape index (κ1) is 23.6. The van der Waals surface area contributed by atoms with Crippen LogP contribution in [0.2, 0.25) is 0 Å². The van der Waals surface area contributed by atoms with Gasteiger partial charge >= 0.3 is 0 Å². The van der Waals surface area contributed by atoms with E-state index in [1.807, 2.05) is 12.1 Å². The Kier molecular flexibility index (Phi) is 6.71. The molecule has 0 unspecified atom stereocenters. The second kappa shape index (κ2) is 9.37. The van der Waals surface area contributed by atoms with Gasteiger partial charge in [0.2, 0.25) is 0 Å². The fraction of sp³-hybridized carbons (Fsp3) is 0.500. The number of rotatable bonds is 5. The zero-order valence-corrected chi connectivity index (χ0v) is 20.5. The molecule has 1 fully saturated rings. The highest BCUT2D eigenvalue weighted by atomic mass is 32.2. The van der Waals surface area contributed by atoms with Gasteiger partial charge in [0.25, 0.3) is 15.9 Å². The largest absolute Gasteiger partial charge is 0.476 e. The number of benzene rings is 2. The molecule has 0 aromatic heterocycles. The quantitative estimate of drug-likeness (QED) is 0.691. The lowest BCUT2D eigenvalue weighted by atomic mass is 9.86. The molecule has 0 spiro atoms. The van der Waals surface area contributed by atoms with E-state index < -0.39 is 16.1 Å². The normalized spacial score (nSPS) is 19.5. The van der Waals surface area contributed by atoms with Crippen LogP contribution in [0.25, 0.3) is 0 Å². The van der Waals surface area contributed by atoms with Crippen LogP contribution in [0, 0.1) is 5.92 Å². The Labute approximate surface area is 197 Å². The van der Waals surface area contributed by atoms with Crippen LogP contribution in [0.4, 0.5) is 5.69 Å². The highest BCUT2D eigenvalue weighted by Gasteiger charge is 2.38. The van der Waals surface area contributed by atoms with E-state index in [0.29, 0.717) is 23.9 Å². The van der Waals surface area contributed by atoms with Crippen LogP contribution in [0.15, 0.2) is 53.4 Å². The molecule has 178 valence electrons. The minimum atomic E-state index is -3.87. The van der Waals surface area contributed by atoms with Crippen molar-refractivity contribution in [2.24, 2.45) is 5.92 Å². The van der Waals surface area contributed by atoms with Gasteiger partial charge in [-0.1, -0.05) is 64.3 Å². The summed E-state index contributed by atoms with van der Waals surface area (Å²) < 4.78 is 34.6.